The van der Waals surface area contributed by atoms with Crippen LogP contribution in [-0.2, 0) is 6.54 Å². The van der Waals surface area contributed by atoms with E-state index in [4.69, 9.17) is 16.9 Å². The molecule has 18 heavy (non-hydrogen) atoms. The van der Waals surface area contributed by atoms with Crippen molar-refractivity contribution in [1.29, 1.82) is 5.26 Å². The van der Waals surface area contributed by atoms with E-state index in [0.717, 1.165) is 10.0 Å². The molecule has 2 aromatic rings. The lowest BCUT2D eigenvalue weighted by molar-refractivity contribution is 1.10. The van der Waals surface area contributed by atoms with Crippen LogP contribution in [0.3, 0.4) is 0 Å². The molecule has 0 spiro atoms. The van der Waals surface area contributed by atoms with Crippen LogP contribution in [-0.4, -0.2) is 4.98 Å². The Morgan fingerprint density at radius 1 is 1.33 bits per heavy atom. The largest absolute Gasteiger partial charge is 0.366 e. The average molecular weight is 323 g/mol. The molecule has 0 fully saturated rings. The lowest BCUT2D eigenvalue weighted by atomic mass is 10.2. The molecule has 2 rings (SSSR count). The summed E-state index contributed by atoms with van der Waals surface area (Å²) in [6, 6.07) is 13.2. The number of aromatic nitrogens is 1. The zero-order valence-corrected chi connectivity index (χ0v) is 11.7. The molecular formula is C13H9BrClN3. The minimum atomic E-state index is 0.309. The fraction of sp³-hybridized carbons (Fsp3) is 0.0769. The summed E-state index contributed by atoms with van der Waals surface area (Å²) >= 11 is 9.30. The van der Waals surface area contributed by atoms with Gasteiger partial charge in [0.2, 0.25) is 0 Å². The van der Waals surface area contributed by atoms with Gasteiger partial charge in [-0.05, 0) is 23.8 Å². The van der Waals surface area contributed by atoms with Crippen molar-refractivity contribution < 1.29 is 0 Å². The topological polar surface area (TPSA) is 48.7 Å². The van der Waals surface area contributed by atoms with E-state index in [1.807, 2.05) is 30.3 Å². The van der Waals surface area contributed by atoms with Crippen molar-refractivity contribution in [3.63, 3.8) is 0 Å². The summed E-state index contributed by atoms with van der Waals surface area (Å²) in [5, 5.41) is 12.3. The third-order valence-electron chi connectivity index (χ3n) is 2.34. The van der Waals surface area contributed by atoms with Crippen LogP contribution in [0.2, 0.25) is 5.15 Å². The molecule has 0 bridgehead atoms. The predicted octanol–water partition coefficient (Wildman–Crippen LogP) is 3.98. The number of nitrogens with zero attached hydrogens (tertiary/aromatic N) is 2. The smallest absolute Gasteiger partial charge is 0.132 e. The minimum absolute atomic E-state index is 0.309. The lowest BCUT2D eigenvalue weighted by Gasteiger charge is -2.08. The zero-order chi connectivity index (χ0) is 13.0. The maximum absolute atomic E-state index is 8.84. The summed E-state index contributed by atoms with van der Waals surface area (Å²) in [7, 11) is 0. The first-order chi connectivity index (χ1) is 8.69. The van der Waals surface area contributed by atoms with Crippen molar-refractivity contribution in [2.75, 3.05) is 5.32 Å². The van der Waals surface area contributed by atoms with Crippen molar-refractivity contribution in [2.24, 2.45) is 0 Å². The van der Waals surface area contributed by atoms with E-state index in [2.05, 4.69) is 26.2 Å². The van der Waals surface area contributed by atoms with Crippen molar-refractivity contribution in [1.82, 2.24) is 4.98 Å². The second-order valence-corrected chi connectivity index (χ2v) is 4.86. The molecule has 1 heterocycles. The molecule has 0 saturated heterocycles. The highest BCUT2D eigenvalue weighted by atomic mass is 79.9. The highest BCUT2D eigenvalue weighted by molar-refractivity contribution is 9.10. The van der Waals surface area contributed by atoms with E-state index in [1.54, 1.807) is 6.07 Å². The predicted molar refractivity (Wildman–Crippen MR) is 75.4 cm³/mol. The molecule has 5 heteroatoms. The number of anilines is 1. The van der Waals surface area contributed by atoms with E-state index in [-0.39, 0.29) is 0 Å². The summed E-state index contributed by atoms with van der Waals surface area (Å²) in [5.74, 6) is 0.592. The highest BCUT2D eigenvalue weighted by Crippen LogP contribution is 2.18. The molecule has 0 aliphatic carbocycles. The first-order valence-electron chi connectivity index (χ1n) is 5.24. The molecule has 3 nitrogen and oxygen atoms in total. The van der Waals surface area contributed by atoms with Gasteiger partial charge in [0.25, 0.3) is 0 Å². The number of nitrogens with one attached hydrogen (secondary N) is 1. The van der Waals surface area contributed by atoms with E-state index >= 15 is 0 Å². The van der Waals surface area contributed by atoms with E-state index in [1.165, 1.54) is 6.07 Å². The molecule has 0 amide bonds. The summed E-state index contributed by atoms with van der Waals surface area (Å²) in [4.78, 5) is 4.11. The molecule has 0 atom stereocenters. The SMILES string of the molecule is N#Cc1cc(Cl)nc(NCc2ccccc2Br)c1. The Morgan fingerprint density at radius 2 is 2.11 bits per heavy atom. The highest BCUT2D eigenvalue weighted by Gasteiger charge is 2.02. The van der Waals surface area contributed by atoms with Gasteiger partial charge in [0.05, 0.1) is 11.6 Å². The number of hydrogen-bond donors (Lipinski definition) is 1. The minimum Gasteiger partial charge on any atom is -0.366 e. The number of benzene rings is 1. The van der Waals surface area contributed by atoms with Crippen molar-refractivity contribution >= 4 is 33.3 Å². The summed E-state index contributed by atoms with van der Waals surface area (Å²) in [6.07, 6.45) is 0. The first-order valence-corrected chi connectivity index (χ1v) is 6.41. The summed E-state index contributed by atoms with van der Waals surface area (Å²) in [6.45, 7) is 0.611. The fourth-order valence-electron chi connectivity index (χ4n) is 1.48. The van der Waals surface area contributed by atoms with E-state index in [0.29, 0.717) is 23.1 Å². The molecule has 1 aromatic carbocycles. The Bertz CT molecular complexity index is 607. The number of pyridine rings is 1. The van der Waals surface area contributed by atoms with Crippen LogP contribution in [0.25, 0.3) is 0 Å². The number of nitriles is 1. The van der Waals surface area contributed by atoms with Crippen LogP contribution >= 0.6 is 27.5 Å². The molecule has 0 unspecified atom stereocenters. The van der Waals surface area contributed by atoms with Crippen LogP contribution in [0.4, 0.5) is 5.82 Å². The first kappa shape index (κ1) is 12.9. The van der Waals surface area contributed by atoms with Gasteiger partial charge in [0.1, 0.15) is 11.0 Å². The molecule has 0 radical (unpaired) electrons. The van der Waals surface area contributed by atoms with Gasteiger partial charge in [-0.15, -0.1) is 0 Å². The Kier molecular flexibility index (Phi) is 4.19. The maximum Gasteiger partial charge on any atom is 0.132 e. The van der Waals surface area contributed by atoms with Crippen molar-refractivity contribution in [2.45, 2.75) is 6.54 Å². The fourth-order valence-corrected chi connectivity index (χ4v) is 2.11. The maximum atomic E-state index is 8.84. The Hall–Kier alpha value is -1.57. The second-order valence-electron chi connectivity index (χ2n) is 3.62. The van der Waals surface area contributed by atoms with Crippen LogP contribution in [0.15, 0.2) is 40.9 Å². The quantitative estimate of drug-likeness (QED) is 0.870. The van der Waals surface area contributed by atoms with Gasteiger partial charge in [0.15, 0.2) is 0 Å². The Morgan fingerprint density at radius 3 is 2.83 bits per heavy atom. The normalized spacial score (nSPS) is 9.83. The van der Waals surface area contributed by atoms with Gasteiger partial charge in [-0.1, -0.05) is 45.7 Å². The molecular weight excluding hydrogens is 314 g/mol. The average Bonchev–Trinajstić information content (AvgIpc) is 2.37. The zero-order valence-electron chi connectivity index (χ0n) is 9.32. The van der Waals surface area contributed by atoms with E-state index in [9.17, 15) is 0 Å². The summed E-state index contributed by atoms with van der Waals surface area (Å²) < 4.78 is 1.03. The monoisotopic (exact) mass is 321 g/mol. The van der Waals surface area contributed by atoms with Crippen LogP contribution < -0.4 is 5.32 Å². The molecule has 0 aliphatic heterocycles. The van der Waals surface area contributed by atoms with Gasteiger partial charge < -0.3 is 5.32 Å². The number of rotatable bonds is 3. The molecule has 90 valence electrons. The van der Waals surface area contributed by atoms with E-state index < -0.39 is 0 Å². The van der Waals surface area contributed by atoms with Crippen LogP contribution in [0, 0.1) is 11.3 Å². The van der Waals surface area contributed by atoms with Gasteiger partial charge in [-0.25, -0.2) is 4.98 Å². The molecule has 1 aromatic heterocycles. The second kappa shape index (κ2) is 5.85. The van der Waals surface area contributed by atoms with Crippen molar-refractivity contribution in [3.8, 4) is 6.07 Å². The number of hydrogen-bond acceptors (Lipinski definition) is 3. The summed E-state index contributed by atoms with van der Waals surface area (Å²) in [5.41, 5.74) is 1.60. The Labute approximate surface area is 119 Å². The van der Waals surface area contributed by atoms with Crippen LogP contribution in [0.1, 0.15) is 11.1 Å². The molecule has 1 N–H and O–H groups in total. The molecule has 0 aliphatic rings. The van der Waals surface area contributed by atoms with Gasteiger partial charge in [-0.2, -0.15) is 5.26 Å². The third kappa shape index (κ3) is 3.22. The molecule has 0 saturated carbocycles. The van der Waals surface area contributed by atoms with Gasteiger partial charge in [0, 0.05) is 11.0 Å². The Balaban J connectivity index is 2.14. The van der Waals surface area contributed by atoms with Crippen LogP contribution in [0.5, 0.6) is 0 Å². The van der Waals surface area contributed by atoms with Crippen molar-refractivity contribution in [3.05, 3.63) is 57.2 Å². The number of halogens is 2. The standard InChI is InChI=1S/C13H9BrClN3/c14-11-4-2-1-3-10(11)8-17-13-6-9(7-16)5-12(15)18-13/h1-6H,8H2,(H,17,18). The lowest BCUT2D eigenvalue weighted by Crippen LogP contribution is -2.02. The van der Waals surface area contributed by atoms with Gasteiger partial charge >= 0.3 is 0 Å². The van der Waals surface area contributed by atoms with Gasteiger partial charge in [-0.3, -0.25) is 0 Å². The third-order valence-corrected chi connectivity index (χ3v) is 3.31.